The molecule has 0 aromatic carbocycles. The molecule has 0 aliphatic carbocycles. The van der Waals surface area contributed by atoms with Crippen molar-refractivity contribution in [2.24, 2.45) is 5.92 Å². The lowest BCUT2D eigenvalue weighted by Gasteiger charge is -2.24. The van der Waals surface area contributed by atoms with E-state index in [2.05, 4.69) is 18.8 Å². The Balaban J connectivity index is 2.83. The summed E-state index contributed by atoms with van der Waals surface area (Å²) in [5.74, 6) is 0.274. The Morgan fingerprint density at radius 2 is 2.24 bits per heavy atom. The molecule has 1 rings (SSSR count). The molecule has 0 aliphatic heterocycles. The van der Waals surface area contributed by atoms with Crippen LogP contribution in [0, 0.1) is 5.92 Å². The molecule has 0 bridgehead atoms. The molecular formula is C13H20N2O2. The number of carbonyl (C=O) groups is 1. The molecule has 1 unspecified atom stereocenters. The van der Waals surface area contributed by atoms with Gasteiger partial charge in [-0.05, 0) is 18.9 Å². The molecule has 0 aliphatic rings. The van der Waals surface area contributed by atoms with Gasteiger partial charge in [-0.15, -0.1) is 0 Å². The van der Waals surface area contributed by atoms with E-state index in [1.54, 1.807) is 11.0 Å². The number of rotatable bonds is 5. The van der Waals surface area contributed by atoms with Crippen LogP contribution in [0.1, 0.15) is 37.6 Å². The highest BCUT2D eigenvalue weighted by Crippen LogP contribution is 2.17. The maximum absolute atomic E-state index is 12.2. The highest BCUT2D eigenvalue weighted by Gasteiger charge is 2.18. The minimum absolute atomic E-state index is 0.0555. The van der Waals surface area contributed by atoms with Gasteiger partial charge in [-0.2, -0.15) is 0 Å². The monoisotopic (exact) mass is 236 g/mol. The van der Waals surface area contributed by atoms with Crippen molar-refractivity contribution in [3.8, 4) is 5.75 Å². The Bertz CT molecular complexity index is 379. The molecule has 4 heteroatoms. The van der Waals surface area contributed by atoms with Crippen molar-refractivity contribution >= 4 is 5.91 Å². The summed E-state index contributed by atoms with van der Waals surface area (Å²) in [6.45, 7) is 7.52. The fourth-order valence-electron chi connectivity index (χ4n) is 1.60. The minimum atomic E-state index is -0.132. The Labute approximate surface area is 102 Å². The standard InChI is InChI=1S/C13H20N2O2/c1-4-10(3)9-15(5-2)13(17)11-6-7-14-8-12(11)16/h6-8,10,16H,4-5,9H2,1-3H3. The second kappa shape index (κ2) is 6.23. The zero-order valence-electron chi connectivity index (χ0n) is 10.7. The van der Waals surface area contributed by atoms with Gasteiger partial charge in [-0.25, -0.2) is 0 Å². The summed E-state index contributed by atoms with van der Waals surface area (Å²) >= 11 is 0. The topological polar surface area (TPSA) is 53.4 Å². The average molecular weight is 236 g/mol. The fourth-order valence-corrected chi connectivity index (χ4v) is 1.60. The van der Waals surface area contributed by atoms with E-state index in [4.69, 9.17) is 0 Å². The number of hydrogen-bond donors (Lipinski definition) is 1. The number of hydrogen-bond acceptors (Lipinski definition) is 3. The Hall–Kier alpha value is -1.58. The first-order valence-electron chi connectivity index (χ1n) is 6.02. The number of carbonyl (C=O) groups excluding carboxylic acids is 1. The Kier molecular flexibility index (Phi) is 4.94. The van der Waals surface area contributed by atoms with Gasteiger partial charge in [0.05, 0.1) is 11.8 Å². The average Bonchev–Trinajstić information content (AvgIpc) is 2.35. The molecule has 0 spiro atoms. The summed E-state index contributed by atoms with van der Waals surface area (Å²) in [5.41, 5.74) is 0.324. The third-order valence-electron chi connectivity index (χ3n) is 2.93. The smallest absolute Gasteiger partial charge is 0.257 e. The first kappa shape index (κ1) is 13.5. The third kappa shape index (κ3) is 3.44. The summed E-state index contributed by atoms with van der Waals surface area (Å²) < 4.78 is 0. The van der Waals surface area contributed by atoms with E-state index in [-0.39, 0.29) is 11.7 Å². The summed E-state index contributed by atoms with van der Waals surface area (Å²) in [6.07, 6.45) is 3.85. The van der Waals surface area contributed by atoms with Crippen molar-refractivity contribution < 1.29 is 9.90 Å². The van der Waals surface area contributed by atoms with Crippen LogP contribution in [0.5, 0.6) is 5.75 Å². The second-order valence-electron chi connectivity index (χ2n) is 4.25. The maximum Gasteiger partial charge on any atom is 0.257 e. The highest BCUT2D eigenvalue weighted by atomic mass is 16.3. The van der Waals surface area contributed by atoms with E-state index in [1.807, 2.05) is 6.92 Å². The molecule has 17 heavy (non-hydrogen) atoms. The van der Waals surface area contributed by atoms with Crippen LogP contribution < -0.4 is 0 Å². The second-order valence-corrected chi connectivity index (χ2v) is 4.25. The highest BCUT2D eigenvalue weighted by molar-refractivity contribution is 5.96. The molecule has 1 heterocycles. The molecule has 4 nitrogen and oxygen atoms in total. The molecule has 1 amide bonds. The zero-order chi connectivity index (χ0) is 12.8. The van der Waals surface area contributed by atoms with Crippen LogP contribution in [-0.2, 0) is 0 Å². The summed E-state index contributed by atoms with van der Waals surface area (Å²) in [7, 11) is 0. The lowest BCUT2D eigenvalue weighted by molar-refractivity contribution is 0.0737. The predicted molar refractivity (Wildman–Crippen MR) is 66.9 cm³/mol. The van der Waals surface area contributed by atoms with Gasteiger partial charge >= 0.3 is 0 Å². The minimum Gasteiger partial charge on any atom is -0.505 e. The van der Waals surface area contributed by atoms with Crippen molar-refractivity contribution in [2.45, 2.75) is 27.2 Å². The molecule has 1 N–H and O–H groups in total. The van der Waals surface area contributed by atoms with Crippen molar-refractivity contribution in [2.75, 3.05) is 13.1 Å². The van der Waals surface area contributed by atoms with Gasteiger partial charge in [0.2, 0.25) is 0 Å². The van der Waals surface area contributed by atoms with Gasteiger partial charge in [0.15, 0.2) is 0 Å². The van der Waals surface area contributed by atoms with Crippen LogP contribution >= 0.6 is 0 Å². The van der Waals surface area contributed by atoms with Gasteiger partial charge in [0.1, 0.15) is 5.75 Å². The first-order chi connectivity index (χ1) is 8.10. The van der Waals surface area contributed by atoms with Crippen LogP contribution in [-0.4, -0.2) is 34.0 Å². The van der Waals surface area contributed by atoms with Crippen molar-refractivity contribution in [3.05, 3.63) is 24.0 Å². The van der Waals surface area contributed by atoms with Gasteiger partial charge < -0.3 is 10.0 Å². The molecule has 1 aromatic rings. The molecule has 1 atom stereocenters. The number of aromatic hydroxyl groups is 1. The summed E-state index contributed by atoms with van der Waals surface area (Å²) in [4.78, 5) is 17.7. The van der Waals surface area contributed by atoms with Crippen molar-refractivity contribution in [3.63, 3.8) is 0 Å². The Morgan fingerprint density at radius 1 is 1.53 bits per heavy atom. The van der Waals surface area contributed by atoms with Crippen LogP contribution in [0.2, 0.25) is 0 Å². The molecule has 1 aromatic heterocycles. The largest absolute Gasteiger partial charge is 0.505 e. The number of nitrogens with zero attached hydrogens (tertiary/aromatic N) is 2. The summed E-state index contributed by atoms with van der Waals surface area (Å²) in [6, 6.07) is 1.55. The van der Waals surface area contributed by atoms with Gasteiger partial charge in [-0.1, -0.05) is 20.3 Å². The normalized spacial score (nSPS) is 12.2. The summed E-state index contributed by atoms with van der Waals surface area (Å²) in [5, 5.41) is 9.61. The van der Waals surface area contributed by atoms with Gasteiger partial charge in [0, 0.05) is 19.3 Å². The third-order valence-corrected chi connectivity index (χ3v) is 2.93. The molecule has 0 saturated heterocycles. The van der Waals surface area contributed by atoms with Crippen LogP contribution in [0.3, 0.4) is 0 Å². The van der Waals surface area contributed by atoms with E-state index in [9.17, 15) is 9.90 Å². The lowest BCUT2D eigenvalue weighted by Crippen LogP contribution is -2.34. The van der Waals surface area contributed by atoms with E-state index < -0.39 is 0 Å². The maximum atomic E-state index is 12.2. The first-order valence-corrected chi connectivity index (χ1v) is 6.02. The molecule has 0 saturated carbocycles. The SMILES string of the molecule is CCC(C)CN(CC)C(=O)c1ccncc1O. The van der Waals surface area contributed by atoms with E-state index in [0.717, 1.165) is 6.42 Å². The van der Waals surface area contributed by atoms with E-state index in [0.29, 0.717) is 24.6 Å². The molecule has 94 valence electrons. The molecule has 0 radical (unpaired) electrons. The number of amides is 1. The van der Waals surface area contributed by atoms with Crippen LogP contribution in [0.15, 0.2) is 18.5 Å². The van der Waals surface area contributed by atoms with Crippen molar-refractivity contribution in [1.82, 2.24) is 9.88 Å². The predicted octanol–water partition coefficient (Wildman–Crippen LogP) is 2.30. The van der Waals surface area contributed by atoms with E-state index >= 15 is 0 Å². The van der Waals surface area contributed by atoms with Crippen LogP contribution in [0.4, 0.5) is 0 Å². The quantitative estimate of drug-likeness (QED) is 0.853. The molecule has 0 fully saturated rings. The number of pyridine rings is 1. The van der Waals surface area contributed by atoms with Gasteiger partial charge in [0.25, 0.3) is 5.91 Å². The fraction of sp³-hybridized carbons (Fsp3) is 0.538. The van der Waals surface area contributed by atoms with Crippen molar-refractivity contribution in [1.29, 1.82) is 0 Å². The zero-order valence-corrected chi connectivity index (χ0v) is 10.7. The van der Waals surface area contributed by atoms with E-state index in [1.165, 1.54) is 12.4 Å². The Morgan fingerprint density at radius 3 is 2.76 bits per heavy atom. The lowest BCUT2D eigenvalue weighted by atomic mass is 10.1. The van der Waals surface area contributed by atoms with Crippen LogP contribution in [0.25, 0.3) is 0 Å². The van der Waals surface area contributed by atoms with Gasteiger partial charge in [-0.3, -0.25) is 9.78 Å². The number of aromatic nitrogens is 1. The molecular weight excluding hydrogens is 216 g/mol.